The predicted molar refractivity (Wildman–Crippen MR) is 96.3 cm³/mol. The Bertz CT molecular complexity index is 908. The number of nitro benzene ring substituents is 1. The third-order valence-corrected chi connectivity index (χ3v) is 3.53. The van der Waals surface area contributed by atoms with Crippen molar-refractivity contribution in [1.29, 1.82) is 0 Å². The number of nitro groups is 1. The van der Waals surface area contributed by atoms with Crippen LogP contribution in [0.15, 0.2) is 42.5 Å². The van der Waals surface area contributed by atoms with E-state index in [1.165, 1.54) is 43.5 Å². The van der Waals surface area contributed by atoms with Crippen LogP contribution >= 0.6 is 0 Å². The summed E-state index contributed by atoms with van der Waals surface area (Å²) in [7, 11) is 2.41. The SMILES string of the molecule is COC(=O)c1ccc(NC(=O)COc2ccc(C(=O)OC)cc2[N+](=O)[O-])cc1. The van der Waals surface area contributed by atoms with Crippen LogP contribution < -0.4 is 10.1 Å². The lowest BCUT2D eigenvalue weighted by molar-refractivity contribution is -0.385. The first-order valence-electron chi connectivity index (χ1n) is 7.83. The van der Waals surface area contributed by atoms with E-state index in [1.807, 2.05) is 0 Å². The molecule has 0 unspecified atom stereocenters. The van der Waals surface area contributed by atoms with Gasteiger partial charge < -0.3 is 19.5 Å². The van der Waals surface area contributed by atoms with Gasteiger partial charge in [-0.1, -0.05) is 0 Å². The number of methoxy groups -OCH3 is 2. The lowest BCUT2D eigenvalue weighted by Gasteiger charge is -2.09. The number of anilines is 1. The topological polar surface area (TPSA) is 134 Å². The molecule has 0 saturated heterocycles. The average Bonchev–Trinajstić information content (AvgIpc) is 2.71. The van der Waals surface area contributed by atoms with Crippen molar-refractivity contribution in [1.82, 2.24) is 0 Å². The number of rotatable bonds is 7. The molecule has 0 aliphatic rings. The van der Waals surface area contributed by atoms with Crippen LogP contribution in [0.3, 0.4) is 0 Å². The van der Waals surface area contributed by atoms with Gasteiger partial charge in [-0.15, -0.1) is 0 Å². The maximum absolute atomic E-state index is 12.0. The Morgan fingerprint density at radius 2 is 1.54 bits per heavy atom. The standard InChI is InChI=1S/C18H16N2O8/c1-26-17(22)11-3-6-13(7-4-11)19-16(21)10-28-15-8-5-12(18(23)27-2)9-14(15)20(24)25/h3-9H,10H2,1-2H3,(H,19,21). The molecule has 28 heavy (non-hydrogen) atoms. The maximum atomic E-state index is 12.0. The summed E-state index contributed by atoms with van der Waals surface area (Å²) in [5, 5.41) is 13.7. The zero-order chi connectivity index (χ0) is 20.7. The molecule has 146 valence electrons. The Hall–Kier alpha value is -3.95. The van der Waals surface area contributed by atoms with E-state index in [1.54, 1.807) is 0 Å². The average molecular weight is 388 g/mol. The molecule has 0 aliphatic carbocycles. The second-order valence-corrected chi connectivity index (χ2v) is 5.34. The first-order chi connectivity index (χ1) is 13.3. The fraction of sp³-hybridized carbons (Fsp3) is 0.167. The highest BCUT2D eigenvalue weighted by Gasteiger charge is 2.20. The highest BCUT2D eigenvalue weighted by atomic mass is 16.6. The maximum Gasteiger partial charge on any atom is 0.338 e. The molecule has 2 aromatic carbocycles. The molecule has 10 nitrogen and oxygen atoms in total. The molecule has 2 aromatic rings. The molecule has 1 N–H and O–H groups in total. The van der Waals surface area contributed by atoms with E-state index in [4.69, 9.17) is 4.74 Å². The molecule has 0 bridgehead atoms. The summed E-state index contributed by atoms with van der Waals surface area (Å²) in [6.45, 7) is -0.503. The molecular weight excluding hydrogens is 372 g/mol. The van der Waals surface area contributed by atoms with Crippen molar-refractivity contribution >= 4 is 29.2 Å². The number of hydrogen-bond acceptors (Lipinski definition) is 8. The highest BCUT2D eigenvalue weighted by Crippen LogP contribution is 2.28. The largest absolute Gasteiger partial charge is 0.477 e. The lowest BCUT2D eigenvalue weighted by Crippen LogP contribution is -2.20. The highest BCUT2D eigenvalue weighted by molar-refractivity contribution is 5.94. The van der Waals surface area contributed by atoms with E-state index in [0.29, 0.717) is 11.3 Å². The van der Waals surface area contributed by atoms with Gasteiger partial charge in [-0.2, -0.15) is 0 Å². The smallest absolute Gasteiger partial charge is 0.338 e. The third kappa shape index (κ3) is 5.04. The molecule has 0 atom stereocenters. The number of esters is 2. The van der Waals surface area contributed by atoms with Crippen LogP contribution in [0.2, 0.25) is 0 Å². The minimum atomic E-state index is -0.734. The van der Waals surface area contributed by atoms with Crippen molar-refractivity contribution in [2.24, 2.45) is 0 Å². The number of hydrogen-bond donors (Lipinski definition) is 1. The van der Waals surface area contributed by atoms with E-state index in [2.05, 4.69) is 14.8 Å². The zero-order valence-electron chi connectivity index (χ0n) is 15.0. The van der Waals surface area contributed by atoms with Gasteiger partial charge >= 0.3 is 17.6 Å². The van der Waals surface area contributed by atoms with Gasteiger partial charge in [0.15, 0.2) is 12.4 Å². The molecule has 0 aliphatic heterocycles. The van der Waals surface area contributed by atoms with Gasteiger partial charge in [0, 0.05) is 11.8 Å². The summed E-state index contributed by atoms with van der Waals surface area (Å²) in [5.41, 5.74) is 0.227. The van der Waals surface area contributed by atoms with Gasteiger partial charge in [0.1, 0.15) is 0 Å². The monoisotopic (exact) mass is 388 g/mol. The summed E-state index contributed by atoms with van der Waals surface area (Å²) in [6.07, 6.45) is 0. The fourth-order valence-electron chi connectivity index (χ4n) is 2.17. The lowest BCUT2D eigenvalue weighted by atomic mass is 10.2. The minimum Gasteiger partial charge on any atom is -0.477 e. The Morgan fingerprint density at radius 3 is 2.11 bits per heavy atom. The molecule has 0 spiro atoms. The number of amides is 1. The summed E-state index contributed by atoms with van der Waals surface area (Å²) < 4.78 is 14.3. The van der Waals surface area contributed by atoms with E-state index >= 15 is 0 Å². The fourth-order valence-corrected chi connectivity index (χ4v) is 2.17. The Kier molecular flexibility index (Phi) is 6.63. The first-order valence-corrected chi connectivity index (χ1v) is 7.83. The normalized spacial score (nSPS) is 9.93. The minimum absolute atomic E-state index is 0.0169. The van der Waals surface area contributed by atoms with Gasteiger partial charge in [-0.3, -0.25) is 14.9 Å². The van der Waals surface area contributed by atoms with Crippen LogP contribution in [0.4, 0.5) is 11.4 Å². The van der Waals surface area contributed by atoms with Crippen molar-refractivity contribution in [3.05, 3.63) is 63.7 Å². The molecule has 0 fully saturated rings. The molecule has 0 saturated carbocycles. The number of ether oxygens (including phenoxy) is 3. The van der Waals surface area contributed by atoms with Crippen LogP contribution in [-0.2, 0) is 14.3 Å². The summed E-state index contributed by atoms with van der Waals surface area (Å²) >= 11 is 0. The van der Waals surface area contributed by atoms with Gasteiger partial charge in [-0.25, -0.2) is 9.59 Å². The molecule has 2 rings (SSSR count). The van der Waals surface area contributed by atoms with Crippen LogP contribution in [0, 0.1) is 10.1 Å². The number of benzene rings is 2. The molecule has 0 aromatic heterocycles. The van der Waals surface area contributed by atoms with E-state index in [-0.39, 0.29) is 11.3 Å². The number of carbonyl (C=O) groups excluding carboxylic acids is 3. The van der Waals surface area contributed by atoms with Gasteiger partial charge in [0.05, 0.1) is 30.3 Å². The van der Waals surface area contributed by atoms with Gasteiger partial charge in [0.2, 0.25) is 0 Å². The Labute approximate surface area is 159 Å². The van der Waals surface area contributed by atoms with E-state index in [0.717, 1.165) is 13.2 Å². The van der Waals surface area contributed by atoms with Gasteiger partial charge in [-0.05, 0) is 36.4 Å². The predicted octanol–water partition coefficient (Wildman–Crippen LogP) is 2.19. The second-order valence-electron chi connectivity index (χ2n) is 5.34. The zero-order valence-corrected chi connectivity index (χ0v) is 15.0. The summed E-state index contributed by atoms with van der Waals surface area (Å²) in [6, 6.07) is 9.44. The Balaban J connectivity index is 2.03. The Morgan fingerprint density at radius 1 is 0.964 bits per heavy atom. The van der Waals surface area contributed by atoms with Crippen molar-refractivity contribution in [2.45, 2.75) is 0 Å². The van der Waals surface area contributed by atoms with Crippen LogP contribution in [0.5, 0.6) is 5.75 Å². The number of nitrogens with one attached hydrogen (secondary N) is 1. The van der Waals surface area contributed by atoms with Gasteiger partial charge in [0.25, 0.3) is 5.91 Å². The van der Waals surface area contributed by atoms with Crippen molar-refractivity contribution < 1.29 is 33.5 Å². The van der Waals surface area contributed by atoms with Crippen LogP contribution in [0.25, 0.3) is 0 Å². The number of carbonyl (C=O) groups is 3. The molecular formula is C18H16N2O8. The molecule has 0 radical (unpaired) electrons. The van der Waals surface area contributed by atoms with Crippen molar-refractivity contribution in [3.63, 3.8) is 0 Å². The van der Waals surface area contributed by atoms with E-state index in [9.17, 15) is 24.5 Å². The van der Waals surface area contributed by atoms with E-state index < -0.39 is 35.1 Å². The molecule has 1 amide bonds. The third-order valence-electron chi connectivity index (χ3n) is 3.53. The quantitative estimate of drug-likeness (QED) is 0.433. The van der Waals surface area contributed by atoms with Crippen molar-refractivity contribution in [3.8, 4) is 5.75 Å². The first kappa shape index (κ1) is 20.4. The summed E-state index contributed by atoms with van der Waals surface area (Å²) in [4.78, 5) is 45.3. The number of nitrogens with zero attached hydrogens (tertiary/aromatic N) is 1. The van der Waals surface area contributed by atoms with Crippen LogP contribution in [-0.4, -0.2) is 43.6 Å². The second kappa shape index (κ2) is 9.12. The summed E-state index contributed by atoms with van der Waals surface area (Å²) in [5.74, 6) is -1.99. The molecule has 10 heteroatoms. The molecule has 0 heterocycles. The van der Waals surface area contributed by atoms with Crippen LogP contribution in [0.1, 0.15) is 20.7 Å². The van der Waals surface area contributed by atoms with Crippen molar-refractivity contribution in [2.75, 3.05) is 26.1 Å².